The normalized spacial score (nSPS) is 14.6. The van der Waals surface area contributed by atoms with Gasteiger partial charge in [0, 0.05) is 24.1 Å². The maximum atomic E-state index is 12.2. The molecule has 0 aliphatic rings. The van der Waals surface area contributed by atoms with E-state index in [4.69, 9.17) is 16.3 Å². The van der Waals surface area contributed by atoms with Crippen molar-refractivity contribution < 1.29 is 13.2 Å². The van der Waals surface area contributed by atoms with Crippen molar-refractivity contribution in [3.63, 3.8) is 0 Å². The fourth-order valence-corrected chi connectivity index (χ4v) is 3.23. The molecule has 0 aliphatic carbocycles. The van der Waals surface area contributed by atoms with Gasteiger partial charge in [0.15, 0.2) is 0 Å². The lowest BCUT2D eigenvalue weighted by Gasteiger charge is -2.28. The highest BCUT2D eigenvalue weighted by Crippen LogP contribution is 2.26. The van der Waals surface area contributed by atoms with Crippen LogP contribution >= 0.6 is 11.6 Å². The van der Waals surface area contributed by atoms with Gasteiger partial charge in [0.05, 0.1) is 0 Å². The van der Waals surface area contributed by atoms with Gasteiger partial charge in [-0.1, -0.05) is 54.1 Å². The predicted octanol–water partition coefficient (Wildman–Crippen LogP) is 3.79. The first-order chi connectivity index (χ1) is 11.3. The molecule has 24 heavy (non-hydrogen) atoms. The van der Waals surface area contributed by atoms with Crippen LogP contribution in [0.15, 0.2) is 60.0 Å². The lowest BCUT2D eigenvalue weighted by atomic mass is 9.96. The van der Waals surface area contributed by atoms with E-state index in [-0.39, 0.29) is 6.54 Å². The number of benzene rings is 2. The Morgan fingerprint density at radius 2 is 1.88 bits per heavy atom. The molecule has 1 atom stereocenters. The van der Waals surface area contributed by atoms with Gasteiger partial charge in [-0.25, -0.2) is 13.1 Å². The number of nitrogens with one attached hydrogen (secondary N) is 1. The zero-order valence-corrected chi connectivity index (χ0v) is 15.1. The second kappa shape index (κ2) is 7.94. The maximum Gasteiger partial charge on any atom is 0.233 e. The summed E-state index contributed by atoms with van der Waals surface area (Å²) in [5.41, 5.74) is 0.790. The molecule has 2 rings (SSSR count). The van der Waals surface area contributed by atoms with Gasteiger partial charge in [-0.3, -0.25) is 0 Å². The van der Waals surface area contributed by atoms with E-state index in [1.165, 1.54) is 7.11 Å². The van der Waals surface area contributed by atoms with E-state index in [0.29, 0.717) is 5.02 Å². The van der Waals surface area contributed by atoms with Crippen LogP contribution in [0.3, 0.4) is 0 Å². The van der Waals surface area contributed by atoms with Crippen LogP contribution in [0.4, 0.5) is 0 Å². The third-order valence-corrected chi connectivity index (χ3v) is 5.01. The highest BCUT2D eigenvalue weighted by molar-refractivity contribution is 7.92. The first-order valence-electron chi connectivity index (χ1n) is 7.39. The van der Waals surface area contributed by atoms with Crippen LogP contribution in [0.25, 0.3) is 6.08 Å². The number of hydrogen-bond donors (Lipinski definition) is 1. The molecule has 0 heterocycles. The highest BCUT2D eigenvalue weighted by atomic mass is 35.5. The molecule has 0 aromatic heterocycles. The molecule has 0 amide bonds. The van der Waals surface area contributed by atoms with Crippen molar-refractivity contribution >= 4 is 27.7 Å². The van der Waals surface area contributed by atoms with Crippen LogP contribution in [0.1, 0.15) is 18.1 Å². The highest BCUT2D eigenvalue weighted by Gasteiger charge is 2.28. The van der Waals surface area contributed by atoms with E-state index in [2.05, 4.69) is 4.72 Å². The minimum Gasteiger partial charge on any atom is -0.372 e. The van der Waals surface area contributed by atoms with E-state index in [1.54, 1.807) is 24.3 Å². The van der Waals surface area contributed by atoms with Gasteiger partial charge in [-0.05, 0) is 36.3 Å². The van der Waals surface area contributed by atoms with E-state index in [0.717, 1.165) is 16.5 Å². The first-order valence-corrected chi connectivity index (χ1v) is 9.31. The summed E-state index contributed by atoms with van der Waals surface area (Å²) in [6.45, 7) is 1.90. The Hall–Kier alpha value is -1.66. The van der Waals surface area contributed by atoms with E-state index in [1.807, 2.05) is 43.3 Å². The van der Waals surface area contributed by atoms with Crippen LogP contribution < -0.4 is 4.72 Å². The zero-order valence-electron chi connectivity index (χ0n) is 13.6. The van der Waals surface area contributed by atoms with Crippen LogP contribution in [0.2, 0.25) is 5.02 Å². The molecule has 0 unspecified atom stereocenters. The molecule has 0 radical (unpaired) electrons. The molecular formula is C18H20ClNO3S. The predicted molar refractivity (Wildman–Crippen MR) is 98.2 cm³/mol. The second-order valence-electron chi connectivity index (χ2n) is 5.52. The molecule has 0 fully saturated rings. The summed E-state index contributed by atoms with van der Waals surface area (Å²) >= 11 is 6.01. The summed E-state index contributed by atoms with van der Waals surface area (Å²) in [6, 6.07) is 16.4. The molecule has 4 nitrogen and oxygen atoms in total. The van der Waals surface area contributed by atoms with Crippen molar-refractivity contribution in [3.8, 4) is 0 Å². The van der Waals surface area contributed by atoms with Crippen molar-refractivity contribution in [2.45, 2.75) is 12.5 Å². The number of sulfonamides is 1. The summed E-state index contributed by atoms with van der Waals surface area (Å²) in [6.07, 6.45) is 1.55. The van der Waals surface area contributed by atoms with Crippen molar-refractivity contribution in [2.24, 2.45) is 0 Å². The number of hydrogen-bond acceptors (Lipinski definition) is 3. The van der Waals surface area contributed by atoms with Crippen LogP contribution in [0.5, 0.6) is 0 Å². The largest absolute Gasteiger partial charge is 0.372 e. The molecule has 0 spiro atoms. The van der Waals surface area contributed by atoms with E-state index < -0.39 is 15.6 Å². The zero-order chi connectivity index (χ0) is 17.6. The van der Waals surface area contributed by atoms with Crippen molar-refractivity contribution in [1.29, 1.82) is 0 Å². The summed E-state index contributed by atoms with van der Waals surface area (Å²) in [5, 5.41) is 1.72. The number of rotatable bonds is 7. The molecule has 0 saturated carbocycles. The molecule has 0 aliphatic heterocycles. The molecule has 2 aromatic rings. The number of ether oxygens (including phenoxy) is 1. The fraction of sp³-hybridized carbons (Fsp3) is 0.222. The third-order valence-electron chi connectivity index (χ3n) is 3.74. The summed E-state index contributed by atoms with van der Waals surface area (Å²) in [4.78, 5) is 0. The lowest BCUT2D eigenvalue weighted by molar-refractivity contribution is 0.00705. The van der Waals surface area contributed by atoms with Crippen molar-refractivity contribution in [3.05, 3.63) is 76.2 Å². The van der Waals surface area contributed by atoms with Crippen molar-refractivity contribution in [1.82, 2.24) is 4.72 Å². The van der Waals surface area contributed by atoms with Crippen LogP contribution in [-0.4, -0.2) is 22.1 Å². The number of methoxy groups -OCH3 is 1. The average Bonchev–Trinajstić information content (AvgIpc) is 2.59. The lowest BCUT2D eigenvalue weighted by Crippen LogP contribution is -2.39. The summed E-state index contributed by atoms with van der Waals surface area (Å²) in [5.74, 6) is 0. The Morgan fingerprint density at radius 1 is 1.17 bits per heavy atom. The van der Waals surface area contributed by atoms with Gasteiger partial charge in [-0.15, -0.1) is 0 Å². The molecule has 0 saturated heterocycles. The minimum atomic E-state index is -3.58. The monoisotopic (exact) mass is 365 g/mol. The van der Waals surface area contributed by atoms with E-state index >= 15 is 0 Å². The first kappa shape index (κ1) is 18.7. The smallest absolute Gasteiger partial charge is 0.233 e. The van der Waals surface area contributed by atoms with Crippen LogP contribution in [0, 0.1) is 0 Å². The Labute approximate surface area is 148 Å². The van der Waals surface area contributed by atoms with Gasteiger partial charge in [0.2, 0.25) is 10.0 Å². The minimum absolute atomic E-state index is 0.0886. The Morgan fingerprint density at radius 3 is 2.50 bits per heavy atom. The Balaban J connectivity index is 2.10. The number of halogens is 1. The third kappa shape index (κ3) is 5.18. The molecule has 1 N–H and O–H groups in total. The topological polar surface area (TPSA) is 55.4 Å². The molecular weight excluding hydrogens is 346 g/mol. The molecule has 2 aromatic carbocycles. The standard InChI is InChI=1S/C18H20ClNO3S/c1-18(23-2,16-9-6-10-17(19)13-16)14-20-24(21,22)12-11-15-7-4-3-5-8-15/h3-13,20H,14H2,1-2H3/b12-11+/t18-/m1/s1. The molecule has 0 bridgehead atoms. The van der Waals surface area contributed by atoms with Gasteiger partial charge in [0.1, 0.15) is 5.60 Å². The van der Waals surface area contributed by atoms with Gasteiger partial charge in [0.25, 0.3) is 0 Å². The maximum absolute atomic E-state index is 12.2. The summed E-state index contributed by atoms with van der Waals surface area (Å²) in [7, 11) is -2.05. The van der Waals surface area contributed by atoms with Gasteiger partial charge in [-0.2, -0.15) is 0 Å². The van der Waals surface area contributed by atoms with Gasteiger partial charge >= 0.3 is 0 Å². The average molecular weight is 366 g/mol. The quantitative estimate of drug-likeness (QED) is 0.812. The van der Waals surface area contributed by atoms with E-state index in [9.17, 15) is 8.42 Å². The fourth-order valence-electron chi connectivity index (χ4n) is 2.13. The Bertz CT molecular complexity index is 806. The van der Waals surface area contributed by atoms with Gasteiger partial charge < -0.3 is 4.74 Å². The van der Waals surface area contributed by atoms with Crippen LogP contribution in [-0.2, 0) is 20.4 Å². The molecule has 6 heteroatoms. The SMILES string of the molecule is CO[C@](C)(CNS(=O)(=O)/C=C/c1ccccc1)c1cccc(Cl)c1. The Kier molecular flexibility index (Phi) is 6.18. The molecule has 128 valence electrons. The summed E-state index contributed by atoms with van der Waals surface area (Å²) < 4.78 is 32.5. The van der Waals surface area contributed by atoms with Crippen molar-refractivity contribution in [2.75, 3.05) is 13.7 Å². The second-order valence-corrected chi connectivity index (χ2v) is 7.61.